The van der Waals surface area contributed by atoms with Crippen molar-refractivity contribution in [3.05, 3.63) is 59.7 Å². The summed E-state index contributed by atoms with van der Waals surface area (Å²) in [5, 5.41) is 18.6. The third kappa shape index (κ3) is 2.83. The maximum Gasteiger partial charge on any atom is 0.115 e. The maximum absolute atomic E-state index is 9.30. The molecule has 0 amide bonds. The molecule has 0 spiro atoms. The first kappa shape index (κ1) is 14.5. The van der Waals surface area contributed by atoms with Crippen molar-refractivity contribution in [3.63, 3.8) is 0 Å². The minimum absolute atomic E-state index is 0. The van der Waals surface area contributed by atoms with Crippen LogP contribution in [0.1, 0.15) is 25.0 Å². The second-order valence-electron chi connectivity index (χ2n) is 4.72. The molecule has 3 heteroatoms. The lowest BCUT2D eigenvalue weighted by Gasteiger charge is -2.26. The molecule has 18 heavy (non-hydrogen) atoms. The molecule has 0 unspecified atom stereocenters. The van der Waals surface area contributed by atoms with E-state index in [-0.39, 0.29) is 26.8 Å². The summed E-state index contributed by atoms with van der Waals surface area (Å²) in [5.74, 6) is 0.547. The molecule has 0 saturated carbocycles. The van der Waals surface area contributed by atoms with Crippen LogP contribution in [0.4, 0.5) is 0 Å². The highest BCUT2D eigenvalue weighted by Crippen LogP contribution is 2.32. The van der Waals surface area contributed by atoms with Gasteiger partial charge in [-0.25, -0.2) is 0 Å². The molecule has 3 radical (unpaired) electrons. The molecule has 0 atom stereocenters. The van der Waals surface area contributed by atoms with Crippen molar-refractivity contribution in [2.24, 2.45) is 0 Å². The molecular formula is C15H16O2P. The second-order valence-corrected chi connectivity index (χ2v) is 4.72. The van der Waals surface area contributed by atoms with E-state index in [1.165, 1.54) is 0 Å². The van der Waals surface area contributed by atoms with Crippen molar-refractivity contribution >= 4 is 9.90 Å². The van der Waals surface area contributed by atoms with Gasteiger partial charge in [-0.2, -0.15) is 0 Å². The Morgan fingerprint density at radius 3 is 1.22 bits per heavy atom. The van der Waals surface area contributed by atoms with Crippen LogP contribution in [-0.2, 0) is 5.41 Å². The third-order valence-electron chi connectivity index (χ3n) is 3.18. The van der Waals surface area contributed by atoms with Gasteiger partial charge in [0.15, 0.2) is 0 Å². The first-order chi connectivity index (χ1) is 8.00. The van der Waals surface area contributed by atoms with Gasteiger partial charge in [0.25, 0.3) is 0 Å². The highest BCUT2D eigenvalue weighted by atomic mass is 31.0. The predicted molar refractivity (Wildman–Crippen MR) is 75.3 cm³/mol. The van der Waals surface area contributed by atoms with Gasteiger partial charge < -0.3 is 10.2 Å². The molecule has 0 heterocycles. The van der Waals surface area contributed by atoms with Crippen LogP contribution in [-0.4, -0.2) is 10.2 Å². The molecule has 0 aliphatic carbocycles. The topological polar surface area (TPSA) is 40.5 Å². The second kappa shape index (κ2) is 5.41. The van der Waals surface area contributed by atoms with E-state index in [9.17, 15) is 10.2 Å². The molecule has 93 valence electrons. The molecule has 0 aromatic heterocycles. The lowest BCUT2D eigenvalue weighted by Crippen LogP contribution is -2.18. The predicted octanol–water partition coefficient (Wildman–Crippen LogP) is 4.28. The molecule has 0 aliphatic rings. The summed E-state index contributed by atoms with van der Waals surface area (Å²) < 4.78 is 0. The average molecular weight is 259 g/mol. The number of rotatable bonds is 2. The molecule has 0 bridgehead atoms. The standard InChI is InChI=1S/C15H16O2.P/c1-15(2,11-3-7-13(16)8-4-11)12-5-9-14(17)10-6-12;/h3-10,16-17H,1-2H3;. The van der Waals surface area contributed by atoms with E-state index in [0.29, 0.717) is 0 Å². The van der Waals surface area contributed by atoms with E-state index >= 15 is 0 Å². The third-order valence-corrected chi connectivity index (χ3v) is 3.18. The van der Waals surface area contributed by atoms with E-state index in [0.717, 1.165) is 11.1 Å². The van der Waals surface area contributed by atoms with Gasteiger partial charge in [-0.1, -0.05) is 38.1 Å². The lowest BCUT2D eigenvalue weighted by molar-refractivity contribution is 0.474. The molecule has 2 nitrogen and oxygen atoms in total. The Kier molecular flexibility index (Phi) is 4.37. The van der Waals surface area contributed by atoms with Crippen LogP contribution in [0, 0.1) is 0 Å². The molecule has 2 aromatic rings. The molecule has 0 aliphatic heterocycles. The van der Waals surface area contributed by atoms with Crippen LogP contribution < -0.4 is 0 Å². The average Bonchev–Trinajstić information content (AvgIpc) is 2.30. The number of phenols is 2. The van der Waals surface area contributed by atoms with Crippen LogP contribution in [0.3, 0.4) is 0 Å². The summed E-state index contributed by atoms with van der Waals surface area (Å²) >= 11 is 0. The zero-order valence-corrected chi connectivity index (χ0v) is 11.4. The highest BCUT2D eigenvalue weighted by molar-refractivity contribution is 6.92. The molecule has 2 N–H and O–H groups in total. The smallest absolute Gasteiger partial charge is 0.115 e. The van der Waals surface area contributed by atoms with Crippen LogP contribution in [0.5, 0.6) is 11.5 Å². The lowest BCUT2D eigenvalue weighted by atomic mass is 9.78. The van der Waals surface area contributed by atoms with Crippen LogP contribution in [0.15, 0.2) is 48.5 Å². The minimum atomic E-state index is -0.151. The molecule has 0 saturated heterocycles. The van der Waals surface area contributed by atoms with Gasteiger partial charge in [0.1, 0.15) is 11.5 Å². The van der Waals surface area contributed by atoms with Gasteiger partial charge in [0, 0.05) is 15.3 Å². The molecule has 2 rings (SSSR count). The number of phenolic OH excluding ortho intramolecular Hbond substituents is 2. The largest absolute Gasteiger partial charge is 0.508 e. The fourth-order valence-corrected chi connectivity index (χ4v) is 1.92. The van der Waals surface area contributed by atoms with Crippen molar-refractivity contribution in [3.8, 4) is 11.5 Å². The molecule has 2 aromatic carbocycles. The maximum atomic E-state index is 9.30. The van der Waals surface area contributed by atoms with Crippen molar-refractivity contribution in [1.29, 1.82) is 0 Å². The first-order valence-electron chi connectivity index (χ1n) is 5.59. The van der Waals surface area contributed by atoms with Crippen LogP contribution >= 0.6 is 9.90 Å². The van der Waals surface area contributed by atoms with E-state index in [4.69, 9.17) is 0 Å². The van der Waals surface area contributed by atoms with Gasteiger partial charge in [-0.05, 0) is 35.4 Å². The monoisotopic (exact) mass is 259 g/mol. The summed E-state index contributed by atoms with van der Waals surface area (Å²) in [7, 11) is 0. The summed E-state index contributed by atoms with van der Waals surface area (Å²) in [6.45, 7) is 4.23. The van der Waals surface area contributed by atoms with E-state index in [1.54, 1.807) is 24.3 Å². The van der Waals surface area contributed by atoms with E-state index in [2.05, 4.69) is 13.8 Å². The van der Waals surface area contributed by atoms with Gasteiger partial charge in [0.05, 0.1) is 0 Å². The summed E-state index contributed by atoms with van der Waals surface area (Å²) in [5.41, 5.74) is 2.10. The van der Waals surface area contributed by atoms with Gasteiger partial charge in [-0.3, -0.25) is 0 Å². The van der Waals surface area contributed by atoms with E-state index < -0.39 is 0 Å². The number of hydrogen-bond acceptors (Lipinski definition) is 2. The van der Waals surface area contributed by atoms with Crippen LogP contribution in [0.2, 0.25) is 0 Å². The first-order valence-corrected chi connectivity index (χ1v) is 5.59. The minimum Gasteiger partial charge on any atom is -0.508 e. The fourth-order valence-electron chi connectivity index (χ4n) is 1.92. The van der Waals surface area contributed by atoms with Gasteiger partial charge in [0.2, 0.25) is 0 Å². The normalized spacial score (nSPS) is 10.8. The highest BCUT2D eigenvalue weighted by Gasteiger charge is 2.22. The van der Waals surface area contributed by atoms with Crippen molar-refractivity contribution in [2.45, 2.75) is 19.3 Å². The van der Waals surface area contributed by atoms with Gasteiger partial charge in [-0.15, -0.1) is 0 Å². The Bertz CT molecular complexity index is 454. The Balaban J connectivity index is 0.00000162. The van der Waals surface area contributed by atoms with Crippen molar-refractivity contribution in [1.82, 2.24) is 0 Å². The SMILES string of the molecule is CC(C)(c1ccc(O)cc1)c1ccc(O)cc1.[P]. The fraction of sp³-hybridized carbons (Fsp3) is 0.200. The molecular weight excluding hydrogens is 243 g/mol. The Morgan fingerprint density at radius 2 is 0.944 bits per heavy atom. The Morgan fingerprint density at radius 1 is 0.667 bits per heavy atom. The number of benzene rings is 2. The Labute approximate surface area is 111 Å². The van der Waals surface area contributed by atoms with Gasteiger partial charge >= 0.3 is 0 Å². The zero-order chi connectivity index (χ0) is 12.5. The number of hydrogen-bond donors (Lipinski definition) is 2. The Hall–Kier alpha value is -1.53. The summed E-state index contributed by atoms with van der Waals surface area (Å²) in [4.78, 5) is 0. The van der Waals surface area contributed by atoms with E-state index in [1.807, 2.05) is 24.3 Å². The quantitative estimate of drug-likeness (QED) is 0.790. The van der Waals surface area contributed by atoms with Crippen molar-refractivity contribution in [2.75, 3.05) is 0 Å². The van der Waals surface area contributed by atoms with Crippen molar-refractivity contribution < 1.29 is 10.2 Å². The summed E-state index contributed by atoms with van der Waals surface area (Å²) in [6.07, 6.45) is 0. The number of aromatic hydroxyl groups is 2. The summed E-state index contributed by atoms with van der Waals surface area (Å²) in [6, 6.07) is 14.4. The zero-order valence-electron chi connectivity index (χ0n) is 10.5. The van der Waals surface area contributed by atoms with Crippen LogP contribution in [0.25, 0.3) is 0 Å². The molecule has 0 fully saturated rings.